The molecule has 0 aliphatic carbocycles. The molecule has 4 nitrogen and oxygen atoms in total. The zero-order valence-electron chi connectivity index (χ0n) is 13.6. The molecular formula is C19H22N2O2. The molecule has 0 spiro atoms. The Morgan fingerprint density at radius 3 is 2.57 bits per heavy atom. The fourth-order valence-corrected chi connectivity index (χ4v) is 2.87. The Balaban J connectivity index is 1.75. The topological polar surface area (TPSA) is 45.3 Å². The predicted octanol–water partition coefficient (Wildman–Crippen LogP) is 3.82. The second kappa shape index (κ2) is 6.84. The first-order valence-corrected chi connectivity index (χ1v) is 8.13. The van der Waals surface area contributed by atoms with E-state index in [4.69, 9.17) is 4.74 Å². The van der Waals surface area contributed by atoms with Crippen LogP contribution in [-0.4, -0.2) is 42.1 Å². The maximum Gasteiger partial charge on any atom is 0.338 e. The van der Waals surface area contributed by atoms with Gasteiger partial charge in [0.1, 0.15) is 6.61 Å². The highest BCUT2D eigenvalue weighted by Crippen LogP contribution is 2.25. The molecular weight excluding hydrogens is 288 g/mol. The molecule has 0 unspecified atom stereocenters. The molecule has 0 saturated heterocycles. The van der Waals surface area contributed by atoms with Gasteiger partial charge in [0.2, 0.25) is 0 Å². The lowest BCUT2D eigenvalue weighted by molar-refractivity contribution is 0.0466. The van der Waals surface area contributed by atoms with E-state index in [1.54, 1.807) is 0 Å². The highest BCUT2D eigenvalue weighted by atomic mass is 16.5. The molecule has 4 heteroatoms. The highest BCUT2D eigenvalue weighted by Gasteiger charge is 2.11. The minimum absolute atomic E-state index is 0.266. The Morgan fingerprint density at radius 2 is 1.78 bits per heavy atom. The molecule has 120 valence electrons. The quantitative estimate of drug-likeness (QED) is 0.704. The van der Waals surface area contributed by atoms with E-state index in [2.05, 4.69) is 29.8 Å². The SMILES string of the molecule is CCN(CC)CCOC(=O)c1ccc2c(c1)[nH]c1ccccc12. The first-order valence-electron chi connectivity index (χ1n) is 8.13. The molecule has 3 aromatic rings. The first kappa shape index (κ1) is 15.6. The number of hydrogen-bond donors (Lipinski definition) is 1. The lowest BCUT2D eigenvalue weighted by Crippen LogP contribution is -2.27. The van der Waals surface area contributed by atoms with Crippen LogP contribution in [0, 0.1) is 0 Å². The van der Waals surface area contributed by atoms with Crippen LogP contribution < -0.4 is 0 Å². The van der Waals surface area contributed by atoms with Gasteiger partial charge < -0.3 is 14.6 Å². The van der Waals surface area contributed by atoms with Gasteiger partial charge in [0.15, 0.2) is 0 Å². The first-order chi connectivity index (χ1) is 11.2. The van der Waals surface area contributed by atoms with Crippen molar-refractivity contribution in [3.8, 4) is 0 Å². The van der Waals surface area contributed by atoms with E-state index in [0.717, 1.165) is 36.1 Å². The van der Waals surface area contributed by atoms with Crippen molar-refractivity contribution in [3.05, 3.63) is 48.0 Å². The number of nitrogens with one attached hydrogen (secondary N) is 1. The molecule has 0 radical (unpaired) electrons. The Kier molecular flexibility index (Phi) is 4.63. The highest BCUT2D eigenvalue weighted by molar-refractivity contribution is 6.08. The smallest absolute Gasteiger partial charge is 0.338 e. The zero-order chi connectivity index (χ0) is 16.2. The van der Waals surface area contributed by atoms with E-state index >= 15 is 0 Å². The van der Waals surface area contributed by atoms with Crippen LogP contribution in [0.4, 0.5) is 0 Å². The minimum atomic E-state index is -0.266. The van der Waals surface area contributed by atoms with Crippen molar-refractivity contribution in [2.75, 3.05) is 26.2 Å². The summed E-state index contributed by atoms with van der Waals surface area (Å²) in [5.74, 6) is -0.266. The van der Waals surface area contributed by atoms with Gasteiger partial charge in [-0.25, -0.2) is 4.79 Å². The van der Waals surface area contributed by atoms with Gasteiger partial charge in [-0.3, -0.25) is 0 Å². The van der Waals surface area contributed by atoms with E-state index in [-0.39, 0.29) is 5.97 Å². The molecule has 0 fully saturated rings. The van der Waals surface area contributed by atoms with Crippen LogP contribution in [0.5, 0.6) is 0 Å². The minimum Gasteiger partial charge on any atom is -0.461 e. The number of nitrogens with zero attached hydrogens (tertiary/aromatic N) is 1. The molecule has 1 heterocycles. The van der Waals surface area contributed by atoms with Gasteiger partial charge in [0.05, 0.1) is 5.56 Å². The molecule has 0 atom stereocenters. The van der Waals surface area contributed by atoms with E-state index in [0.29, 0.717) is 12.2 Å². The number of aromatic nitrogens is 1. The summed E-state index contributed by atoms with van der Waals surface area (Å²) in [6.07, 6.45) is 0. The number of aromatic amines is 1. The van der Waals surface area contributed by atoms with E-state index in [1.807, 2.05) is 36.4 Å². The second-order valence-electron chi connectivity index (χ2n) is 5.59. The van der Waals surface area contributed by atoms with Crippen molar-refractivity contribution in [1.29, 1.82) is 0 Å². The molecule has 0 aliphatic heterocycles. The molecule has 0 bridgehead atoms. The Labute approximate surface area is 136 Å². The van der Waals surface area contributed by atoms with Crippen molar-refractivity contribution < 1.29 is 9.53 Å². The number of para-hydroxylation sites is 1. The Bertz CT molecular complexity index is 818. The average molecular weight is 310 g/mol. The molecule has 1 N–H and O–H groups in total. The Hall–Kier alpha value is -2.33. The summed E-state index contributed by atoms with van der Waals surface area (Å²) in [7, 11) is 0. The van der Waals surface area contributed by atoms with Crippen LogP contribution in [-0.2, 0) is 4.74 Å². The monoisotopic (exact) mass is 310 g/mol. The fraction of sp³-hybridized carbons (Fsp3) is 0.316. The van der Waals surface area contributed by atoms with E-state index < -0.39 is 0 Å². The van der Waals surface area contributed by atoms with Gasteiger partial charge in [-0.2, -0.15) is 0 Å². The van der Waals surface area contributed by atoms with Crippen LogP contribution in [0.1, 0.15) is 24.2 Å². The molecule has 1 aromatic heterocycles. The van der Waals surface area contributed by atoms with Crippen LogP contribution in [0.15, 0.2) is 42.5 Å². The largest absolute Gasteiger partial charge is 0.461 e. The van der Waals surface area contributed by atoms with Gasteiger partial charge >= 0.3 is 5.97 Å². The number of carbonyl (C=O) groups excluding carboxylic acids is 1. The van der Waals surface area contributed by atoms with Gasteiger partial charge in [0.25, 0.3) is 0 Å². The van der Waals surface area contributed by atoms with Crippen molar-refractivity contribution in [2.24, 2.45) is 0 Å². The summed E-state index contributed by atoms with van der Waals surface area (Å²) in [5.41, 5.74) is 2.63. The molecule has 0 saturated carbocycles. The van der Waals surface area contributed by atoms with Crippen molar-refractivity contribution in [3.63, 3.8) is 0 Å². The van der Waals surface area contributed by atoms with Gasteiger partial charge in [-0.15, -0.1) is 0 Å². The maximum absolute atomic E-state index is 12.2. The summed E-state index contributed by atoms with van der Waals surface area (Å²) in [6, 6.07) is 13.8. The number of hydrogen-bond acceptors (Lipinski definition) is 3. The summed E-state index contributed by atoms with van der Waals surface area (Å²) in [4.78, 5) is 17.8. The fourth-order valence-electron chi connectivity index (χ4n) is 2.87. The van der Waals surface area contributed by atoms with Gasteiger partial charge in [0, 0.05) is 28.4 Å². The standard InChI is InChI=1S/C19H22N2O2/c1-3-21(4-2)11-12-23-19(22)14-9-10-16-15-7-5-6-8-17(15)20-18(16)13-14/h5-10,13,20H,3-4,11-12H2,1-2H3. The van der Waals surface area contributed by atoms with Crippen molar-refractivity contribution in [2.45, 2.75) is 13.8 Å². The summed E-state index contributed by atoms with van der Waals surface area (Å²) < 4.78 is 5.39. The third-order valence-electron chi connectivity index (χ3n) is 4.28. The van der Waals surface area contributed by atoms with Gasteiger partial charge in [-0.1, -0.05) is 38.1 Å². The van der Waals surface area contributed by atoms with Crippen LogP contribution in [0.25, 0.3) is 21.8 Å². The molecule has 23 heavy (non-hydrogen) atoms. The number of benzene rings is 2. The summed E-state index contributed by atoms with van der Waals surface area (Å²) in [6.45, 7) is 7.34. The second-order valence-corrected chi connectivity index (χ2v) is 5.59. The molecule has 0 aliphatic rings. The summed E-state index contributed by atoms with van der Waals surface area (Å²) in [5, 5.41) is 2.30. The normalized spacial score (nSPS) is 11.4. The molecule has 2 aromatic carbocycles. The van der Waals surface area contributed by atoms with Crippen LogP contribution in [0.3, 0.4) is 0 Å². The maximum atomic E-state index is 12.2. The van der Waals surface area contributed by atoms with Crippen molar-refractivity contribution in [1.82, 2.24) is 9.88 Å². The lowest BCUT2D eigenvalue weighted by Gasteiger charge is -2.17. The van der Waals surface area contributed by atoms with Crippen molar-refractivity contribution >= 4 is 27.8 Å². The van der Waals surface area contributed by atoms with E-state index in [1.165, 1.54) is 5.39 Å². The summed E-state index contributed by atoms with van der Waals surface area (Å²) >= 11 is 0. The lowest BCUT2D eigenvalue weighted by atomic mass is 10.1. The molecule has 3 rings (SSSR count). The average Bonchev–Trinajstić information content (AvgIpc) is 2.96. The van der Waals surface area contributed by atoms with Crippen LogP contribution >= 0.6 is 0 Å². The zero-order valence-corrected chi connectivity index (χ0v) is 13.6. The number of esters is 1. The number of ether oxygens (including phenoxy) is 1. The van der Waals surface area contributed by atoms with E-state index in [9.17, 15) is 4.79 Å². The number of H-pyrrole nitrogens is 1. The third kappa shape index (κ3) is 3.22. The van der Waals surface area contributed by atoms with Gasteiger partial charge in [-0.05, 0) is 31.3 Å². The number of rotatable bonds is 6. The Morgan fingerprint density at radius 1 is 1.04 bits per heavy atom. The molecule has 0 amide bonds. The number of fused-ring (bicyclic) bond motifs is 3. The predicted molar refractivity (Wildman–Crippen MR) is 93.9 cm³/mol. The number of carbonyl (C=O) groups is 1. The van der Waals surface area contributed by atoms with Crippen LogP contribution in [0.2, 0.25) is 0 Å². The third-order valence-corrected chi connectivity index (χ3v) is 4.28. The number of likely N-dealkylation sites (N-methyl/N-ethyl adjacent to an activating group) is 1.